The van der Waals surface area contributed by atoms with Gasteiger partial charge in [-0.25, -0.2) is 12.7 Å². The van der Waals surface area contributed by atoms with Gasteiger partial charge in [-0.05, 0) is 42.8 Å². The van der Waals surface area contributed by atoms with Crippen LogP contribution in [0.3, 0.4) is 0 Å². The average molecular weight is 333 g/mol. The topological polar surface area (TPSA) is 63.7 Å². The Hall–Kier alpha value is -2.34. The molecular formula is C17H19NO4S. The highest BCUT2D eigenvalue weighted by Gasteiger charge is 2.30. The van der Waals surface area contributed by atoms with Gasteiger partial charge in [0.15, 0.2) is 0 Å². The number of hydrogen-bond donors (Lipinski definition) is 0. The molecule has 1 amide bonds. The molecule has 2 aromatic rings. The van der Waals surface area contributed by atoms with Crippen LogP contribution in [0.15, 0.2) is 59.5 Å². The first kappa shape index (κ1) is 17.0. The van der Waals surface area contributed by atoms with E-state index in [1.807, 2.05) is 6.92 Å². The van der Waals surface area contributed by atoms with E-state index in [-0.39, 0.29) is 11.3 Å². The molecule has 0 saturated carbocycles. The number of methoxy groups -OCH3 is 1. The summed E-state index contributed by atoms with van der Waals surface area (Å²) in [6, 6.07) is 14.3. The van der Waals surface area contributed by atoms with Crippen molar-refractivity contribution in [3.63, 3.8) is 0 Å². The second-order valence-electron chi connectivity index (χ2n) is 4.92. The predicted molar refractivity (Wildman–Crippen MR) is 89.0 cm³/mol. The van der Waals surface area contributed by atoms with Crippen LogP contribution in [-0.2, 0) is 14.8 Å². The molecule has 6 heteroatoms. The van der Waals surface area contributed by atoms with E-state index in [0.29, 0.717) is 17.9 Å². The number of anilines is 1. The van der Waals surface area contributed by atoms with Crippen LogP contribution in [0.25, 0.3) is 0 Å². The first-order chi connectivity index (χ1) is 11.0. The van der Waals surface area contributed by atoms with Gasteiger partial charge in [-0.3, -0.25) is 4.79 Å². The SMILES string of the molecule is CCCC(=O)N(c1ccc(OC)cc1)S(=O)(=O)c1ccccc1. The molecule has 0 aliphatic carbocycles. The third-order valence-electron chi connectivity index (χ3n) is 3.28. The number of amides is 1. The van der Waals surface area contributed by atoms with Gasteiger partial charge in [0.25, 0.3) is 10.0 Å². The van der Waals surface area contributed by atoms with E-state index in [1.54, 1.807) is 42.5 Å². The average Bonchev–Trinajstić information content (AvgIpc) is 2.56. The van der Waals surface area contributed by atoms with Gasteiger partial charge in [0.05, 0.1) is 17.7 Å². The van der Waals surface area contributed by atoms with Crippen molar-refractivity contribution in [3.8, 4) is 5.75 Å². The summed E-state index contributed by atoms with van der Waals surface area (Å²) in [7, 11) is -2.43. The van der Waals surface area contributed by atoms with Crippen molar-refractivity contribution in [2.75, 3.05) is 11.4 Å². The Morgan fingerprint density at radius 2 is 1.65 bits per heavy atom. The lowest BCUT2D eigenvalue weighted by Gasteiger charge is -2.22. The highest BCUT2D eigenvalue weighted by molar-refractivity contribution is 7.93. The fraction of sp³-hybridized carbons (Fsp3) is 0.235. The molecular weight excluding hydrogens is 314 g/mol. The van der Waals surface area contributed by atoms with Crippen LogP contribution in [-0.4, -0.2) is 21.4 Å². The van der Waals surface area contributed by atoms with E-state index in [2.05, 4.69) is 0 Å². The molecule has 2 aromatic carbocycles. The summed E-state index contributed by atoms with van der Waals surface area (Å²) in [5.74, 6) is 0.135. The van der Waals surface area contributed by atoms with Crippen molar-refractivity contribution in [2.45, 2.75) is 24.7 Å². The highest BCUT2D eigenvalue weighted by Crippen LogP contribution is 2.26. The van der Waals surface area contributed by atoms with Gasteiger partial charge in [0, 0.05) is 6.42 Å². The maximum absolute atomic E-state index is 12.9. The molecule has 0 fully saturated rings. The first-order valence-corrected chi connectivity index (χ1v) is 8.72. The Morgan fingerprint density at radius 1 is 1.04 bits per heavy atom. The van der Waals surface area contributed by atoms with Crippen LogP contribution in [0.2, 0.25) is 0 Å². The van der Waals surface area contributed by atoms with Gasteiger partial charge in [-0.2, -0.15) is 0 Å². The number of rotatable bonds is 6. The van der Waals surface area contributed by atoms with E-state index in [1.165, 1.54) is 19.2 Å². The lowest BCUT2D eigenvalue weighted by Crippen LogP contribution is -2.36. The van der Waals surface area contributed by atoms with Crippen molar-refractivity contribution in [3.05, 3.63) is 54.6 Å². The molecule has 0 unspecified atom stereocenters. The first-order valence-electron chi connectivity index (χ1n) is 7.28. The highest BCUT2D eigenvalue weighted by atomic mass is 32.2. The fourth-order valence-electron chi connectivity index (χ4n) is 2.15. The molecule has 0 radical (unpaired) electrons. The maximum Gasteiger partial charge on any atom is 0.270 e. The van der Waals surface area contributed by atoms with Gasteiger partial charge in [0.2, 0.25) is 5.91 Å². The smallest absolute Gasteiger partial charge is 0.270 e. The molecule has 0 bridgehead atoms. The molecule has 23 heavy (non-hydrogen) atoms. The molecule has 0 heterocycles. The lowest BCUT2D eigenvalue weighted by atomic mass is 10.2. The standard InChI is InChI=1S/C17H19NO4S/c1-3-7-17(19)18(14-10-12-15(22-2)13-11-14)23(20,21)16-8-5-4-6-9-16/h4-6,8-13H,3,7H2,1-2H3. The largest absolute Gasteiger partial charge is 0.497 e. The number of ether oxygens (including phenoxy) is 1. The summed E-state index contributed by atoms with van der Waals surface area (Å²) in [5.41, 5.74) is 0.299. The van der Waals surface area contributed by atoms with E-state index in [4.69, 9.17) is 4.74 Å². The fourth-order valence-corrected chi connectivity index (χ4v) is 3.62. The van der Waals surface area contributed by atoms with Crippen LogP contribution in [0.4, 0.5) is 5.69 Å². The molecule has 5 nitrogen and oxygen atoms in total. The number of carbonyl (C=O) groups is 1. The van der Waals surface area contributed by atoms with Gasteiger partial charge in [-0.15, -0.1) is 0 Å². The Balaban J connectivity index is 2.51. The summed E-state index contributed by atoms with van der Waals surface area (Å²) in [5, 5.41) is 0. The molecule has 0 aliphatic rings. The number of nitrogens with zero attached hydrogens (tertiary/aromatic N) is 1. The van der Waals surface area contributed by atoms with E-state index < -0.39 is 15.9 Å². The zero-order chi connectivity index (χ0) is 16.9. The minimum atomic E-state index is -3.95. The quantitative estimate of drug-likeness (QED) is 0.814. The summed E-state index contributed by atoms with van der Waals surface area (Å²) >= 11 is 0. The molecule has 0 spiro atoms. The monoisotopic (exact) mass is 333 g/mol. The zero-order valence-electron chi connectivity index (χ0n) is 13.1. The lowest BCUT2D eigenvalue weighted by molar-refractivity contribution is -0.117. The van der Waals surface area contributed by atoms with Gasteiger partial charge < -0.3 is 4.74 Å². The zero-order valence-corrected chi connectivity index (χ0v) is 13.9. The molecule has 0 aromatic heterocycles. The second-order valence-corrected chi connectivity index (χ2v) is 6.71. The van der Waals surface area contributed by atoms with Crippen molar-refractivity contribution >= 4 is 21.6 Å². The van der Waals surface area contributed by atoms with Crippen molar-refractivity contribution in [1.29, 1.82) is 0 Å². The Labute approximate surface area is 136 Å². The number of carbonyl (C=O) groups excluding carboxylic acids is 1. The van der Waals surface area contributed by atoms with Crippen LogP contribution in [0, 0.1) is 0 Å². The number of sulfonamides is 1. The Kier molecular flexibility index (Phi) is 5.39. The summed E-state index contributed by atoms with van der Waals surface area (Å²) in [4.78, 5) is 12.5. The van der Waals surface area contributed by atoms with Crippen molar-refractivity contribution < 1.29 is 17.9 Å². The number of benzene rings is 2. The van der Waals surface area contributed by atoms with Gasteiger partial charge in [0.1, 0.15) is 5.75 Å². The Bertz CT molecular complexity index is 755. The van der Waals surface area contributed by atoms with E-state index in [9.17, 15) is 13.2 Å². The third kappa shape index (κ3) is 3.71. The summed E-state index contributed by atoms with van der Waals surface area (Å²) in [6.07, 6.45) is 0.716. The van der Waals surface area contributed by atoms with Crippen LogP contribution < -0.4 is 9.04 Å². The van der Waals surface area contributed by atoms with E-state index >= 15 is 0 Å². The Morgan fingerprint density at radius 3 is 2.17 bits per heavy atom. The van der Waals surface area contributed by atoms with Crippen LogP contribution in [0.5, 0.6) is 5.75 Å². The van der Waals surface area contributed by atoms with Crippen LogP contribution >= 0.6 is 0 Å². The van der Waals surface area contributed by atoms with Crippen LogP contribution in [0.1, 0.15) is 19.8 Å². The minimum Gasteiger partial charge on any atom is -0.497 e. The summed E-state index contributed by atoms with van der Waals surface area (Å²) < 4.78 is 31.7. The van der Waals surface area contributed by atoms with Gasteiger partial charge >= 0.3 is 0 Å². The predicted octanol–water partition coefficient (Wildman–Crippen LogP) is 3.22. The summed E-state index contributed by atoms with van der Waals surface area (Å²) in [6.45, 7) is 1.83. The molecule has 0 aliphatic heterocycles. The second kappa shape index (κ2) is 7.28. The molecule has 0 atom stereocenters. The molecule has 0 saturated heterocycles. The van der Waals surface area contributed by atoms with Crippen molar-refractivity contribution in [2.24, 2.45) is 0 Å². The maximum atomic E-state index is 12.9. The molecule has 122 valence electrons. The molecule has 2 rings (SSSR count). The third-order valence-corrected chi connectivity index (χ3v) is 5.04. The normalized spacial score (nSPS) is 11.0. The van der Waals surface area contributed by atoms with E-state index in [0.717, 1.165) is 4.31 Å². The number of hydrogen-bond acceptors (Lipinski definition) is 4. The molecule has 0 N–H and O–H groups in total. The van der Waals surface area contributed by atoms with Gasteiger partial charge in [-0.1, -0.05) is 25.1 Å². The minimum absolute atomic E-state index is 0.0836. The van der Waals surface area contributed by atoms with Crippen molar-refractivity contribution in [1.82, 2.24) is 0 Å².